The third-order valence-electron chi connectivity index (χ3n) is 4.75. The van der Waals surface area contributed by atoms with Gasteiger partial charge in [0.2, 0.25) is 5.91 Å². The normalized spacial score (nSPS) is 14.7. The minimum Gasteiger partial charge on any atom is -0.352 e. The number of nitrogens with two attached hydrogens (primary N) is 1. The van der Waals surface area contributed by atoms with Crippen LogP contribution >= 0.6 is 24.8 Å². The zero-order valence-corrected chi connectivity index (χ0v) is 17.1. The Balaban J connectivity index is 0.00000182. The highest BCUT2D eigenvalue weighted by Crippen LogP contribution is 2.14. The van der Waals surface area contributed by atoms with Crippen LogP contribution in [0.2, 0.25) is 0 Å². The molecule has 6 heteroatoms. The molecular weight excluding hydrogens is 381 g/mol. The summed E-state index contributed by atoms with van der Waals surface area (Å²) in [6.45, 7) is 3.99. The lowest BCUT2D eigenvalue weighted by molar-refractivity contribution is -0.121. The predicted octanol–water partition coefficient (Wildman–Crippen LogP) is 3.83. The highest BCUT2D eigenvalue weighted by molar-refractivity contribution is 5.85. The van der Waals surface area contributed by atoms with E-state index in [-0.39, 0.29) is 36.8 Å². The number of likely N-dealkylation sites (tertiary alicyclic amines) is 1. The molecule has 27 heavy (non-hydrogen) atoms. The quantitative estimate of drug-likeness (QED) is 0.730. The molecule has 3 rings (SSSR count). The van der Waals surface area contributed by atoms with E-state index in [0.29, 0.717) is 13.0 Å². The molecular formula is C21H29Cl2N3O. The Labute approximate surface area is 174 Å². The number of halogens is 2. The summed E-state index contributed by atoms with van der Waals surface area (Å²) in [5, 5.41) is 2.96. The summed E-state index contributed by atoms with van der Waals surface area (Å²) >= 11 is 0. The predicted molar refractivity (Wildman–Crippen MR) is 115 cm³/mol. The number of carbonyl (C=O) groups excluding carboxylic acids is 1. The van der Waals surface area contributed by atoms with Crippen molar-refractivity contribution in [1.82, 2.24) is 10.2 Å². The topological polar surface area (TPSA) is 58.4 Å². The van der Waals surface area contributed by atoms with Crippen molar-refractivity contribution in [1.29, 1.82) is 0 Å². The van der Waals surface area contributed by atoms with Crippen LogP contribution < -0.4 is 11.1 Å². The van der Waals surface area contributed by atoms with E-state index in [9.17, 15) is 4.79 Å². The smallest absolute Gasteiger partial charge is 0.222 e. The number of hydrogen-bond acceptors (Lipinski definition) is 3. The summed E-state index contributed by atoms with van der Waals surface area (Å²) in [5.74, 6) is -0.0162. The Morgan fingerprint density at radius 1 is 0.963 bits per heavy atom. The first kappa shape index (κ1) is 23.4. The molecule has 0 bridgehead atoms. The lowest BCUT2D eigenvalue weighted by Gasteiger charge is -2.15. The summed E-state index contributed by atoms with van der Waals surface area (Å²) in [6.07, 6.45) is 2.93. The van der Waals surface area contributed by atoms with E-state index < -0.39 is 0 Å². The molecule has 1 unspecified atom stereocenters. The molecule has 1 fully saturated rings. The van der Waals surface area contributed by atoms with Gasteiger partial charge in [-0.15, -0.1) is 24.8 Å². The Hall–Kier alpha value is -1.59. The van der Waals surface area contributed by atoms with Crippen molar-refractivity contribution < 1.29 is 4.79 Å². The lowest BCUT2D eigenvalue weighted by Crippen LogP contribution is -2.27. The molecule has 0 aliphatic carbocycles. The second kappa shape index (κ2) is 12.0. The number of nitrogens with one attached hydrogen (secondary N) is 1. The first-order valence-electron chi connectivity index (χ1n) is 9.08. The largest absolute Gasteiger partial charge is 0.352 e. The summed E-state index contributed by atoms with van der Waals surface area (Å²) in [5.41, 5.74) is 9.54. The second-order valence-corrected chi connectivity index (χ2v) is 6.80. The Morgan fingerprint density at radius 3 is 2.19 bits per heavy atom. The van der Waals surface area contributed by atoms with Crippen molar-refractivity contribution in [3.8, 4) is 0 Å². The van der Waals surface area contributed by atoms with Gasteiger partial charge in [-0.3, -0.25) is 9.69 Å². The fourth-order valence-electron chi connectivity index (χ4n) is 3.25. The molecule has 1 saturated heterocycles. The Bertz CT molecular complexity index is 674. The highest BCUT2D eigenvalue weighted by Gasteiger charge is 2.12. The van der Waals surface area contributed by atoms with Crippen LogP contribution in [0.4, 0.5) is 0 Å². The Kier molecular flexibility index (Phi) is 10.4. The molecule has 0 saturated carbocycles. The maximum Gasteiger partial charge on any atom is 0.222 e. The van der Waals surface area contributed by atoms with E-state index in [0.717, 1.165) is 17.7 Å². The summed E-state index contributed by atoms with van der Waals surface area (Å²) in [4.78, 5) is 14.6. The number of benzene rings is 2. The van der Waals surface area contributed by atoms with Gasteiger partial charge in [0.05, 0.1) is 0 Å². The van der Waals surface area contributed by atoms with Gasteiger partial charge in [-0.05, 0) is 42.6 Å². The molecule has 2 aromatic rings. The van der Waals surface area contributed by atoms with Gasteiger partial charge in [0.25, 0.3) is 0 Å². The highest BCUT2D eigenvalue weighted by atomic mass is 35.5. The van der Waals surface area contributed by atoms with E-state index in [4.69, 9.17) is 5.73 Å². The van der Waals surface area contributed by atoms with Crippen LogP contribution in [0.3, 0.4) is 0 Å². The van der Waals surface area contributed by atoms with E-state index in [2.05, 4.69) is 34.5 Å². The SMILES string of the molecule is Cl.Cl.NC(CC(=O)NCc1ccc(CN2CCCC2)cc1)c1ccccc1. The van der Waals surface area contributed by atoms with E-state index in [1.807, 2.05) is 30.3 Å². The average molecular weight is 410 g/mol. The summed E-state index contributed by atoms with van der Waals surface area (Å²) < 4.78 is 0. The molecule has 4 nitrogen and oxygen atoms in total. The molecule has 1 heterocycles. The van der Waals surface area contributed by atoms with Crippen LogP contribution in [0.5, 0.6) is 0 Å². The Morgan fingerprint density at radius 2 is 1.56 bits per heavy atom. The maximum atomic E-state index is 12.1. The van der Waals surface area contributed by atoms with Gasteiger partial charge in [0, 0.05) is 25.6 Å². The number of amides is 1. The van der Waals surface area contributed by atoms with E-state index in [1.54, 1.807) is 0 Å². The van der Waals surface area contributed by atoms with Crippen LogP contribution in [0.25, 0.3) is 0 Å². The van der Waals surface area contributed by atoms with Crippen molar-refractivity contribution in [2.45, 2.75) is 38.4 Å². The second-order valence-electron chi connectivity index (χ2n) is 6.80. The van der Waals surface area contributed by atoms with Crippen LogP contribution in [0.15, 0.2) is 54.6 Å². The zero-order chi connectivity index (χ0) is 17.5. The van der Waals surface area contributed by atoms with Gasteiger partial charge >= 0.3 is 0 Å². The third-order valence-corrected chi connectivity index (χ3v) is 4.75. The van der Waals surface area contributed by atoms with Gasteiger partial charge in [-0.25, -0.2) is 0 Å². The fourth-order valence-corrected chi connectivity index (χ4v) is 3.25. The van der Waals surface area contributed by atoms with Crippen molar-refractivity contribution in [3.05, 3.63) is 71.3 Å². The van der Waals surface area contributed by atoms with Crippen molar-refractivity contribution >= 4 is 30.7 Å². The van der Waals surface area contributed by atoms with Gasteiger partial charge in [-0.2, -0.15) is 0 Å². The molecule has 0 aromatic heterocycles. The third kappa shape index (κ3) is 7.51. The molecule has 2 aromatic carbocycles. The van der Waals surface area contributed by atoms with Crippen molar-refractivity contribution in [2.75, 3.05) is 13.1 Å². The number of nitrogens with zero attached hydrogens (tertiary/aromatic N) is 1. The minimum atomic E-state index is -0.260. The summed E-state index contributed by atoms with van der Waals surface area (Å²) in [7, 11) is 0. The monoisotopic (exact) mass is 409 g/mol. The number of rotatable bonds is 7. The molecule has 1 aliphatic heterocycles. The zero-order valence-electron chi connectivity index (χ0n) is 15.5. The molecule has 0 spiro atoms. The molecule has 1 atom stereocenters. The van der Waals surface area contributed by atoms with Crippen molar-refractivity contribution in [2.24, 2.45) is 5.73 Å². The first-order valence-corrected chi connectivity index (χ1v) is 9.08. The molecule has 1 aliphatic rings. The molecule has 0 radical (unpaired) electrons. The van der Waals surface area contributed by atoms with Gasteiger partial charge in [-0.1, -0.05) is 54.6 Å². The van der Waals surface area contributed by atoms with Crippen LogP contribution in [0.1, 0.15) is 42.0 Å². The minimum absolute atomic E-state index is 0. The molecule has 3 N–H and O–H groups in total. The van der Waals surface area contributed by atoms with Crippen LogP contribution in [0, 0.1) is 0 Å². The lowest BCUT2D eigenvalue weighted by atomic mass is 10.0. The maximum absolute atomic E-state index is 12.1. The molecule has 1 amide bonds. The first-order chi connectivity index (χ1) is 12.2. The van der Waals surface area contributed by atoms with Gasteiger partial charge < -0.3 is 11.1 Å². The standard InChI is InChI=1S/C21H27N3O.2ClH/c22-20(19-6-2-1-3-7-19)14-21(25)23-15-17-8-10-18(11-9-17)16-24-12-4-5-13-24;;/h1-3,6-11,20H,4-5,12-16,22H2,(H,23,25);2*1H. The number of hydrogen-bond donors (Lipinski definition) is 2. The fraction of sp³-hybridized carbons (Fsp3) is 0.381. The van der Waals surface area contributed by atoms with Crippen LogP contribution in [-0.2, 0) is 17.9 Å². The van der Waals surface area contributed by atoms with Crippen molar-refractivity contribution in [3.63, 3.8) is 0 Å². The number of carbonyl (C=O) groups is 1. The molecule has 148 valence electrons. The summed E-state index contributed by atoms with van der Waals surface area (Å²) in [6, 6.07) is 18.0. The van der Waals surface area contributed by atoms with E-state index in [1.165, 1.54) is 31.5 Å². The van der Waals surface area contributed by atoms with E-state index >= 15 is 0 Å². The van der Waals surface area contributed by atoms with Gasteiger partial charge in [0.15, 0.2) is 0 Å². The average Bonchev–Trinajstić information content (AvgIpc) is 3.15. The van der Waals surface area contributed by atoms with Crippen LogP contribution in [-0.4, -0.2) is 23.9 Å². The van der Waals surface area contributed by atoms with Gasteiger partial charge in [0.1, 0.15) is 0 Å².